The van der Waals surface area contributed by atoms with E-state index in [2.05, 4.69) is 10.6 Å². The van der Waals surface area contributed by atoms with Crippen molar-refractivity contribution < 1.29 is 24.2 Å². The van der Waals surface area contributed by atoms with E-state index in [-0.39, 0.29) is 18.1 Å². The molecule has 0 unspecified atom stereocenters. The highest BCUT2D eigenvalue weighted by molar-refractivity contribution is 5.87. The van der Waals surface area contributed by atoms with Crippen LogP contribution in [-0.4, -0.2) is 37.2 Å². The fourth-order valence-electron chi connectivity index (χ4n) is 2.50. The maximum atomic E-state index is 11.5. The Bertz CT molecular complexity index is 792. The smallest absolute Gasteiger partial charge is 0.335 e. The molecule has 0 fully saturated rings. The second-order valence-electron chi connectivity index (χ2n) is 5.84. The van der Waals surface area contributed by atoms with Crippen molar-refractivity contribution in [3.05, 3.63) is 59.2 Å². The van der Waals surface area contributed by atoms with E-state index in [4.69, 9.17) is 14.6 Å². The number of likely N-dealkylation sites (N-methyl/N-ethyl adjacent to an activating group) is 1. The van der Waals surface area contributed by atoms with Gasteiger partial charge < -0.3 is 25.2 Å². The third-order valence-corrected chi connectivity index (χ3v) is 3.79. The van der Waals surface area contributed by atoms with Gasteiger partial charge in [-0.2, -0.15) is 0 Å². The molecule has 2 rings (SSSR count). The Morgan fingerprint density at radius 3 is 2.44 bits per heavy atom. The maximum Gasteiger partial charge on any atom is 0.335 e. The average Bonchev–Trinajstić information content (AvgIpc) is 2.67. The molecule has 0 saturated heterocycles. The van der Waals surface area contributed by atoms with Crippen LogP contribution in [0, 0.1) is 0 Å². The normalized spacial score (nSPS) is 10.3. The van der Waals surface area contributed by atoms with Gasteiger partial charge in [-0.25, -0.2) is 4.79 Å². The van der Waals surface area contributed by atoms with Crippen molar-refractivity contribution in [2.45, 2.75) is 20.0 Å². The predicted molar refractivity (Wildman–Crippen MR) is 101 cm³/mol. The molecule has 2 aromatic carbocycles. The molecule has 0 radical (unpaired) electrons. The molecular weight excluding hydrogens is 348 g/mol. The lowest BCUT2D eigenvalue weighted by atomic mass is 10.1. The summed E-state index contributed by atoms with van der Waals surface area (Å²) in [5, 5.41) is 15.0. The van der Waals surface area contributed by atoms with Gasteiger partial charge in [0, 0.05) is 19.6 Å². The fraction of sp³-hybridized carbons (Fsp3) is 0.300. The molecule has 0 saturated carbocycles. The molecule has 7 heteroatoms. The lowest BCUT2D eigenvalue weighted by Crippen LogP contribution is -2.28. The van der Waals surface area contributed by atoms with Gasteiger partial charge in [0.1, 0.15) is 0 Å². The van der Waals surface area contributed by atoms with Crippen LogP contribution in [0.15, 0.2) is 42.5 Å². The summed E-state index contributed by atoms with van der Waals surface area (Å²) in [5.41, 5.74) is 2.14. The van der Waals surface area contributed by atoms with Gasteiger partial charge in [-0.3, -0.25) is 4.79 Å². The monoisotopic (exact) mass is 372 g/mol. The van der Waals surface area contributed by atoms with Crippen LogP contribution < -0.4 is 20.1 Å². The molecule has 0 aliphatic rings. The Balaban J connectivity index is 1.92. The molecule has 0 aliphatic carbocycles. The number of amides is 1. The van der Waals surface area contributed by atoms with Crippen molar-refractivity contribution in [2.24, 2.45) is 0 Å². The van der Waals surface area contributed by atoms with Gasteiger partial charge in [0.2, 0.25) is 0 Å². The summed E-state index contributed by atoms with van der Waals surface area (Å²) in [6, 6.07) is 12.3. The number of aromatic carboxylic acids is 1. The molecule has 0 bridgehead atoms. The molecule has 1 amide bonds. The van der Waals surface area contributed by atoms with Crippen molar-refractivity contribution in [1.82, 2.24) is 10.6 Å². The minimum absolute atomic E-state index is 0.0677. The first-order valence-corrected chi connectivity index (χ1v) is 8.62. The maximum absolute atomic E-state index is 11.5. The van der Waals surface area contributed by atoms with Crippen LogP contribution in [-0.2, 0) is 17.9 Å². The first kappa shape index (κ1) is 20.3. The number of carbonyl (C=O) groups excluding carboxylic acids is 1. The van der Waals surface area contributed by atoms with Crippen molar-refractivity contribution in [3.8, 4) is 11.5 Å². The first-order chi connectivity index (χ1) is 13.0. The highest BCUT2D eigenvalue weighted by Gasteiger charge is 2.08. The molecule has 0 atom stereocenters. The number of ether oxygens (including phenoxy) is 2. The summed E-state index contributed by atoms with van der Waals surface area (Å²) < 4.78 is 10.8. The Morgan fingerprint density at radius 1 is 1.04 bits per heavy atom. The number of rotatable bonds is 10. The standard InChI is InChI=1S/C20H24N2O5/c1-3-22-19(23)13-27-17-8-7-15(10-18(17)26-2)12-21-11-14-5-4-6-16(9-14)20(24)25/h4-10,21H,3,11-13H2,1-2H3,(H,22,23)(H,24,25). The number of benzene rings is 2. The highest BCUT2D eigenvalue weighted by Crippen LogP contribution is 2.28. The highest BCUT2D eigenvalue weighted by atomic mass is 16.5. The number of carbonyl (C=O) groups is 2. The Kier molecular flexibility index (Phi) is 7.63. The van der Waals surface area contributed by atoms with Gasteiger partial charge in [-0.1, -0.05) is 18.2 Å². The summed E-state index contributed by atoms with van der Waals surface area (Å²) in [5.74, 6) is -0.0770. The number of carboxylic acids is 1. The van der Waals surface area contributed by atoms with Gasteiger partial charge in [0.15, 0.2) is 18.1 Å². The molecule has 0 aromatic heterocycles. The zero-order chi connectivity index (χ0) is 19.6. The SMILES string of the molecule is CCNC(=O)COc1ccc(CNCc2cccc(C(=O)O)c2)cc1OC. The predicted octanol–water partition coefficient (Wildman–Crippen LogP) is 2.20. The van der Waals surface area contributed by atoms with Crippen molar-refractivity contribution in [1.29, 1.82) is 0 Å². The molecule has 0 heterocycles. The van der Waals surface area contributed by atoms with Gasteiger partial charge in [0.05, 0.1) is 12.7 Å². The van der Waals surface area contributed by atoms with Gasteiger partial charge in [-0.05, 0) is 42.3 Å². The summed E-state index contributed by atoms with van der Waals surface area (Å²) in [6.45, 7) is 3.45. The molecule has 3 N–H and O–H groups in total. The Labute approximate surface area is 158 Å². The van der Waals surface area contributed by atoms with E-state index in [9.17, 15) is 9.59 Å². The topological polar surface area (TPSA) is 96.9 Å². The quantitative estimate of drug-likeness (QED) is 0.592. The fourth-order valence-corrected chi connectivity index (χ4v) is 2.50. The molecule has 0 spiro atoms. The second-order valence-corrected chi connectivity index (χ2v) is 5.84. The number of hydrogen-bond donors (Lipinski definition) is 3. The van der Waals surface area contributed by atoms with E-state index in [1.54, 1.807) is 31.4 Å². The van der Waals surface area contributed by atoms with Crippen LogP contribution in [0.3, 0.4) is 0 Å². The molecule has 2 aromatic rings. The molecule has 0 aliphatic heterocycles. The van der Waals surface area contributed by atoms with Crippen LogP contribution in [0.25, 0.3) is 0 Å². The zero-order valence-electron chi connectivity index (χ0n) is 15.5. The first-order valence-electron chi connectivity index (χ1n) is 8.62. The minimum atomic E-state index is -0.940. The molecule has 27 heavy (non-hydrogen) atoms. The van der Waals surface area contributed by atoms with Crippen LogP contribution in [0.2, 0.25) is 0 Å². The largest absolute Gasteiger partial charge is 0.493 e. The van der Waals surface area contributed by atoms with Crippen molar-refractivity contribution in [3.63, 3.8) is 0 Å². The summed E-state index contributed by atoms with van der Waals surface area (Å²) in [6.07, 6.45) is 0. The molecule has 7 nitrogen and oxygen atoms in total. The van der Waals surface area contributed by atoms with Crippen LogP contribution >= 0.6 is 0 Å². The van der Waals surface area contributed by atoms with Crippen molar-refractivity contribution in [2.75, 3.05) is 20.3 Å². The summed E-state index contributed by atoms with van der Waals surface area (Å²) >= 11 is 0. The lowest BCUT2D eigenvalue weighted by Gasteiger charge is -2.12. The van der Waals surface area contributed by atoms with Gasteiger partial charge >= 0.3 is 5.97 Å². The molecular formula is C20H24N2O5. The Morgan fingerprint density at radius 2 is 1.78 bits per heavy atom. The van der Waals surface area contributed by atoms with E-state index in [1.165, 1.54) is 0 Å². The number of methoxy groups -OCH3 is 1. The van der Waals surface area contributed by atoms with Crippen LogP contribution in [0.1, 0.15) is 28.4 Å². The number of nitrogens with one attached hydrogen (secondary N) is 2. The van der Waals surface area contributed by atoms with Crippen LogP contribution in [0.4, 0.5) is 0 Å². The second kappa shape index (κ2) is 10.2. The number of hydrogen-bond acceptors (Lipinski definition) is 5. The van der Waals surface area contributed by atoms with Gasteiger partial charge in [0.25, 0.3) is 5.91 Å². The van der Waals surface area contributed by atoms with E-state index < -0.39 is 5.97 Å². The summed E-state index contributed by atoms with van der Waals surface area (Å²) in [7, 11) is 1.54. The lowest BCUT2D eigenvalue weighted by molar-refractivity contribution is -0.123. The molecule has 144 valence electrons. The van der Waals surface area contributed by atoms with E-state index in [0.29, 0.717) is 31.1 Å². The minimum Gasteiger partial charge on any atom is -0.493 e. The van der Waals surface area contributed by atoms with Crippen LogP contribution in [0.5, 0.6) is 11.5 Å². The van der Waals surface area contributed by atoms with Gasteiger partial charge in [-0.15, -0.1) is 0 Å². The van der Waals surface area contributed by atoms with E-state index in [1.807, 2.05) is 25.1 Å². The van der Waals surface area contributed by atoms with E-state index >= 15 is 0 Å². The number of carboxylic acid groups (broad SMARTS) is 1. The average molecular weight is 372 g/mol. The Hall–Kier alpha value is -3.06. The third kappa shape index (κ3) is 6.31. The zero-order valence-corrected chi connectivity index (χ0v) is 15.5. The summed E-state index contributed by atoms with van der Waals surface area (Å²) in [4.78, 5) is 22.5. The van der Waals surface area contributed by atoms with E-state index in [0.717, 1.165) is 11.1 Å². The third-order valence-electron chi connectivity index (χ3n) is 3.79. The van der Waals surface area contributed by atoms with Crippen molar-refractivity contribution >= 4 is 11.9 Å².